The summed E-state index contributed by atoms with van der Waals surface area (Å²) < 4.78 is 63.4. The Bertz CT molecular complexity index is 383. The van der Waals surface area contributed by atoms with Gasteiger partial charge in [-0.05, 0) is 6.42 Å². The summed E-state index contributed by atoms with van der Waals surface area (Å²) in [5, 5.41) is -1.60. The predicted molar refractivity (Wildman–Crippen MR) is 56.8 cm³/mol. The average Bonchev–Trinajstić information content (AvgIpc) is 2.06. The largest absolute Gasteiger partial charge is 0.748 e. The van der Waals surface area contributed by atoms with E-state index in [1.54, 1.807) is 0 Å². The zero-order chi connectivity index (χ0) is 12.8. The van der Waals surface area contributed by atoms with E-state index in [4.69, 9.17) is 0 Å². The standard InChI is InChI=1S/C8H18O6S2/c1-2-3-4-5-6-8(16(12,13)14)7-15(9,10)11/h8H,2-7H2,1H3,(H,9,10,11)(H,12,13,14)/p-2. The molecule has 0 rings (SSSR count). The van der Waals surface area contributed by atoms with Gasteiger partial charge in [0.2, 0.25) is 0 Å². The number of hydrogen-bond donors (Lipinski definition) is 0. The summed E-state index contributed by atoms with van der Waals surface area (Å²) in [6, 6.07) is 0. The lowest BCUT2D eigenvalue weighted by Crippen LogP contribution is -2.29. The lowest BCUT2D eigenvalue weighted by molar-refractivity contribution is 0.431. The first-order chi connectivity index (χ1) is 7.17. The van der Waals surface area contributed by atoms with Crippen molar-refractivity contribution in [3.05, 3.63) is 0 Å². The lowest BCUT2D eigenvalue weighted by Gasteiger charge is -2.21. The van der Waals surface area contributed by atoms with Gasteiger partial charge in [0.1, 0.15) is 0 Å². The summed E-state index contributed by atoms with van der Waals surface area (Å²) in [5.74, 6) is -1.12. The highest BCUT2D eigenvalue weighted by Gasteiger charge is 2.18. The van der Waals surface area contributed by atoms with E-state index in [-0.39, 0.29) is 6.42 Å². The van der Waals surface area contributed by atoms with Crippen LogP contribution in [0.1, 0.15) is 39.0 Å². The van der Waals surface area contributed by atoms with E-state index < -0.39 is 31.2 Å². The summed E-state index contributed by atoms with van der Waals surface area (Å²) in [6.45, 7) is 1.96. The van der Waals surface area contributed by atoms with Crippen LogP contribution in [-0.2, 0) is 20.2 Å². The zero-order valence-corrected chi connectivity index (χ0v) is 10.7. The van der Waals surface area contributed by atoms with E-state index in [1.165, 1.54) is 0 Å². The number of unbranched alkanes of at least 4 members (excludes halogenated alkanes) is 3. The van der Waals surface area contributed by atoms with E-state index in [2.05, 4.69) is 0 Å². The number of hydrogen-bond acceptors (Lipinski definition) is 6. The average molecular weight is 272 g/mol. The van der Waals surface area contributed by atoms with E-state index in [0.29, 0.717) is 6.42 Å². The van der Waals surface area contributed by atoms with Crippen molar-refractivity contribution in [3.8, 4) is 0 Å². The molecule has 16 heavy (non-hydrogen) atoms. The Kier molecular flexibility index (Phi) is 6.46. The van der Waals surface area contributed by atoms with Crippen molar-refractivity contribution < 1.29 is 25.9 Å². The molecule has 0 fully saturated rings. The van der Waals surface area contributed by atoms with Gasteiger partial charge in [-0.15, -0.1) is 0 Å². The molecule has 1 unspecified atom stereocenters. The highest BCUT2D eigenvalue weighted by Crippen LogP contribution is 2.13. The van der Waals surface area contributed by atoms with Gasteiger partial charge < -0.3 is 9.11 Å². The van der Waals surface area contributed by atoms with Gasteiger partial charge in [-0.3, -0.25) is 0 Å². The molecule has 0 aliphatic rings. The van der Waals surface area contributed by atoms with Crippen LogP contribution in [0.15, 0.2) is 0 Å². The third-order valence-corrected chi connectivity index (χ3v) is 4.42. The summed E-state index contributed by atoms with van der Waals surface area (Å²) in [4.78, 5) is 0. The van der Waals surface area contributed by atoms with Gasteiger partial charge in [-0.1, -0.05) is 32.6 Å². The second kappa shape index (κ2) is 6.53. The Hall–Kier alpha value is -0.180. The highest BCUT2D eigenvalue weighted by atomic mass is 32.2. The minimum Gasteiger partial charge on any atom is -0.748 e. The lowest BCUT2D eigenvalue weighted by atomic mass is 10.1. The summed E-state index contributed by atoms with van der Waals surface area (Å²) in [5.41, 5.74) is 0. The van der Waals surface area contributed by atoms with Crippen molar-refractivity contribution in [1.82, 2.24) is 0 Å². The van der Waals surface area contributed by atoms with Gasteiger partial charge in [0.25, 0.3) is 0 Å². The fraction of sp³-hybridized carbons (Fsp3) is 1.00. The van der Waals surface area contributed by atoms with Gasteiger partial charge in [0, 0.05) is 0 Å². The SMILES string of the molecule is CCCCCCC(CS(=O)(=O)[O-])S(=O)(=O)[O-]. The Morgan fingerprint density at radius 1 is 1.00 bits per heavy atom. The van der Waals surface area contributed by atoms with Crippen LogP contribution in [0.4, 0.5) is 0 Å². The van der Waals surface area contributed by atoms with Crippen molar-refractivity contribution in [2.75, 3.05) is 5.75 Å². The minimum atomic E-state index is -4.71. The fourth-order valence-corrected chi connectivity index (χ4v) is 3.58. The van der Waals surface area contributed by atoms with E-state index >= 15 is 0 Å². The maximum atomic E-state index is 10.7. The molecule has 0 amide bonds. The van der Waals surface area contributed by atoms with Gasteiger partial charge in [-0.25, -0.2) is 16.8 Å². The first kappa shape index (κ1) is 15.8. The second-order valence-electron chi connectivity index (χ2n) is 3.69. The van der Waals surface area contributed by atoms with Crippen molar-refractivity contribution >= 4 is 20.2 Å². The molecule has 0 aromatic heterocycles. The van der Waals surface area contributed by atoms with Gasteiger partial charge >= 0.3 is 0 Å². The quantitative estimate of drug-likeness (QED) is 0.467. The van der Waals surface area contributed by atoms with Crippen molar-refractivity contribution in [1.29, 1.82) is 0 Å². The van der Waals surface area contributed by atoms with Gasteiger partial charge in [0.15, 0.2) is 0 Å². The second-order valence-corrected chi connectivity index (χ2v) is 6.79. The molecule has 0 heterocycles. The molecule has 0 saturated heterocycles. The van der Waals surface area contributed by atoms with Crippen LogP contribution in [0, 0.1) is 0 Å². The highest BCUT2D eigenvalue weighted by molar-refractivity contribution is 7.90. The molecular formula is C8H16O6S2-2. The molecule has 1 atom stereocenters. The predicted octanol–water partition coefficient (Wildman–Crippen LogP) is 0.416. The number of rotatable bonds is 8. The van der Waals surface area contributed by atoms with Crippen LogP contribution < -0.4 is 0 Å². The smallest absolute Gasteiger partial charge is 0.0985 e. The maximum Gasteiger partial charge on any atom is 0.0985 e. The summed E-state index contributed by atoms with van der Waals surface area (Å²) >= 11 is 0. The van der Waals surface area contributed by atoms with E-state index in [1.807, 2.05) is 6.92 Å². The molecular weight excluding hydrogens is 256 g/mol. The molecule has 0 aliphatic heterocycles. The van der Waals surface area contributed by atoms with E-state index in [9.17, 15) is 25.9 Å². The topological polar surface area (TPSA) is 114 Å². The van der Waals surface area contributed by atoms with Crippen LogP contribution in [0.2, 0.25) is 0 Å². The van der Waals surface area contributed by atoms with Crippen molar-refractivity contribution in [2.45, 2.75) is 44.3 Å². The molecule has 6 nitrogen and oxygen atoms in total. The van der Waals surface area contributed by atoms with Crippen LogP contribution in [0.25, 0.3) is 0 Å². The molecule has 0 N–H and O–H groups in total. The third kappa shape index (κ3) is 8.03. The van der Waals surface area contributed by atoms with E-state index in [0.717, 1.165) is 19.3 Å². The summed E-state index contributed by atoms with van der Waals surface area (Å²) in [7, 11) is -9.39. The molecule has 8 heteroatoms. The molecule has 0 saturated carbocycles. The first-order valence-corrected chi connectivity index (χ1v) is 8.10. The monoisotopic (exact) mass is 272 g/mol. The third-order valence-electron chi connectivity index (χ3n) is 2.18. The molecule has 0 aromatic rings. The normalized spacial score (nSPS) is 14.9. The first-order valence-electron chi connectivity index (χ1n) is 5.05. The molecule has 0 radical (unpaired) electrons. The molecule has 98 valence electrons. The van der Waals surface area contributed by atoms with Gasteiger partial charge in [-0.2, -0.15) is 0 Å². The fourth-order valence-electron chi connectivity index (χ4n) is 1.34. The van der Waals surface area contributed by atoms with Crippen LogP contribution in [0.3, 0.4) is 0 Å². The Morgan fingerprint density at radius 2 is 1.56 bits per heavy atom. The van der Waals surface area contributed by atoms with Crippen molar-refractivity contribution in [2.24, 2.45) is 0 Å². The Morgan fingerprint density at radius 3 is 1.94 bits per heavy atom. The minimum absolute atomic E-state index is 0.0622. The molecule has 0 aromatic carbocycles. The Labute approximate surface area is 96.6 Å². The van der Waals surface area contributed by atoms with Crippen LogP contribution in [-0.4, -0.2) is 36.9 Å². The zero-order valence-electron chi connectivity index (χ0n) is 9.09. The maximum absolute atomic E-state index is 10.7. The summed E-state index contributed by atoms with van der Waals surface area (Å²) in [6.07, 6.45) is 2.93. The van der Waals surface area contributed by atoms with Gasteiger partial charge in [0.05, 0.1) is 31.2 Å². The van der Waals surface area contributed by atoms with Crippen molar-refractivity contribution in [3.63, 3.8) is 0 Å². The Balaban J connectivity index is 4.36. The van der Waals surface area contributed by atoms with Crippen LogP contribution >= 0.6 is 0 Å². The van der Waals surface area contributed by atoms with Crippen LogP contribution in [0.5, 0.6) is 0 Å². The molecule has 0 spiro atoms. The molecule has 0 bridgehead atoms. The molecule has 0 aliphatic carbocycles.